The molecule has 4 rings (SSSR count). The zero-order valence-corrected chi connectivity index (χ0v) is 21.0. The maximum Gasteiger partial charge on any atom is 0.309 e. The molecule has 8 heteroatoms. The third-order valence-corrected chi connectivity index (χ3v) is 6.60. The largest absolute Gasteiger partial charge is 0.416 e. The number of fused-ring (bicyclic) bond motifs is 2. The number of aromatic nitrogens is 1. The fourth-order valence-electron chi connectivity index (χ4n) is 4.42. The van der Waals surface area contributed by atoms with Gasteiger partial charge in [-0.05, 0) is 60.5 Å². The fourth-order valence-corrected chi connectivity index (χ4v) is 4.72. The number of pyridine rings is 1. The monoisotopic (exact) mass is 485 g/mol. The van der Waals surface area contributed by atoms with E-state index in [4.69, 9.17) is 26.1 Å². The number of carbonyl (C=O) groups is 2. The van der Waals surface area contributed by atoms with Gasteiger partial charge in [0.25, 0.3) is 5.79 Å². The number of esters is 2. The molecule has 2 aromatic rings. The highest BCUT2D eigenvalue weighted by Crippen LogP contribution is 2.42. The second kappa shape index (κ2) is 9.55. The van der Waals surface area contributed by atoms with Crippen molar-refractivity contribution in [1.82, 2.24) is 10.3 Å². The third-order valence-electron chi connectivity index (χ3n) is 6.30. The van der Waals surface area contributed by atoms with Gasteiger partial charge in [-0.3, -0.25) is 9.59 Å². The number of benzene rings is 1. The molecular weight excluding hydrogens is 454 g/mol. The Balaban J connectivity index is 1.71. The summed E-state index contributed by atoms with van der Waals surface area (Å²) < 4.78 is 11.5. The Bertz CT molecular complexity index is 1060. The summed E-state index contributed by atoms with van der Waals surface area (Å²) in [4.78, 5) is 31.3. The number of nitrogens with zero attached hydrogens (tertiary/aromatic N) is 2. The zero-order chi connectivity index (χ0) is 24.5. The highest BCUT2D eigenvalue weighted by atomic mass is 35.5. The van der Waals surface area contributed by atoms with Crippen molar-refractivity contribution in [1.29, 1.82) is 0 Å². The van der Waals surface area contributed by atoms with Gasteiger partial charge in [-0.2, -0.15) is 0 Å². The molecule has 0 unspecified atom stereocenters. The quantitative estimate of drug-likeness (QED) is 0.631. The lowest BCUT2D eigenvalue weighted by molar-refractivity contribution is -0.225. The number of ether oxygens (including phenoxy) is 2. The first-order chi connectivity index (χ1) is 16.1. The lowest BCUT2D eigenvalue weighted by atomic mass is 9.89. The predicted molar refractivity (Wildman–Crippen MR) is 131 cm³/mol. The minimum Gasteiger partial charge on any atom is -0.416 e. The predicted octanol–water partition coefficient (Wildman–Crippen LogP) is 4.66. The summed E-state index contributed by atoms with van der Waals surface area (Å²) in [6.45, 7) is 7.50. The van der Waals surface area contributed by atoms with Crippen molar-refractivity contribution < 1.29 is 19.1 Å². The van der Waals surface area contributed by atoms with Gasteiger partial charge in [0.15, 0.2) is 0 Å². The molecule has 0 saturated carbocycles. The summed E-state index contributed by atoms with van der Waals surface area (Å²) in [6.07, 6.45) is 4.58. The number of carbonyl (C=O) groups excluding carboxylic acids is 2. The van der Waals surface area contributed by atoms with Crippen molar-refractivity contribution >= 4 is 35.0 Å². The molecule has 0 atom stereocenters. The van der Waals surface area contributed by atoms with Gasteiger partial charge in [-0.25, -0.2) is 4.98 Å². The van der Waals surface area contributed by atoms with E-state index in [1.165, 1.54) is 5.56 Å². The van der Waals surface area contributed by atoms with Crippen LogP contribution >= 0.6 is 11.6 Å². The van der Waals surface area contributed by atoms with Crippen LogP contribution < -0.4 is 10.2 Å². The average molecular weight is 486 g/mol. The van der Waals surface area contributed by atoms with Gasteiger partial charge in [0, 0.05) is 18.8 Å². The van der Waals surface area contributed by atoms with Gasteiger partial charge in [-0.15, -0.1) is 0 Å². The van der Waals surface area contributed by atoms with E-state index < -0.39 is 17.7 Å². The second-order valence-electron chi connectivity index (χ2n) is 10.2. The number of aryl methyl sites for hydroxylation is 1. The molecule has 1 saturated heterocycles. The average Bonchev–Trinajstić information content (AvgIpc) is 3.04. The highest BCUT2D eigenvalue weighted by Gasteiger charge is 2.46. The lowest BCUT2D eigenvalue weighted by Crippen LogP contribution is -2.43. The van der Waals surface area contributed by atoms with Crippen LogP contribution in [0.2, 0.25) is 5.02 Å². The molecule has 0 amide bonds. The number of halogens is 1. The highest BCUT2D eigenvalue weighted by molar-refractivity contribution is 6.33. The number of nitrogens with one attached hydrogen (secondary N) is 1. The van der Waals surface area contributed by atoms with Crippen molar-refractivity contribution in [3.05, 3.63) is 52.2 Å². The Morgan fingerprint density at radius 1 is 1.09 bits per heavy atom. The lowest BCUT2D eigenvalue weighted by Gasteiger charge is -2.33. The molecule has 2 aliphatic heterocycles. The summed E-state index contributed by atoms with van der Waals surface area (Å²) in [5, 5.41) is 3.80. The standard InChI is InChI=1S/C26H32ClN3O4/c1-25(2,3)13-11-17-5-8-21(29-15-17)30(4)24-18-12-14-28-16-26(19(18)6-7-20(24)27)33-22(31)9-10-23(32)34-26/h5-8,15,28H,9-14,16H2,1-4H3. The van der Waals surface area contributed by atoms with Crippen molar-refractivity contribution in [2.24, 2.45) is 5.41 Å². The Morgan fingerprint density at radius 2 is 1.79 bits per heavy atom. The molecule has 0 aliphatic carbocycles. The molecular formula is C26H32ClN3O4. The van der Waals surface area contributed by atoms with Gasteiger partial charge in [0.05, 0.1) is 30.1 Å². The molecule has 7 nitrogen and oxygen atoms in total. The number of hydrogen-bond acceptors (Lipinski definition) is 7. The second-order valence-corrected chi connectivity index (χ2v) is 10.6. The smallest absolute Gasteiger partial charge is 0.309 e. The van der Waals surface area contributed by atoms with Crippen molar-refractivity contribution in [2.45, 2.75) is 58.7 Å². The molecule has 0 radical (unpaired) electrons. The zero-order valence-electron chi connectivity index (χ0n) is 20.2. The van der Waals surface area contributed by atoms with E-state index in [2.05, 4.69) is 32.2 Å². The van der Waals surface area contributed by atoms with Gasteiger partial charge in [-0.1, -0.05) is 38.4 Å². The molecule has 0 bridgehead atoms. The molecule has 1 aromatic heterocycles. The van der Waals surface area contributed by atoms with Crippen LogP contribution in [0.25, 0.3) is 0 Å². The third kappa shape index (κ3) is 5.20. The van der Waals surface area contributed by atoms with Gasteiger partial charge in [0.2, 0.25) is 0 Å². The molecule has 1 aromatic carbocycles. The normalized spacial score (nSPS) is 17.9. The van der Waals surface area contributed by atoms with Crippen LogP contribution in [0.1, 0.15) is 56.7 Å². The van der Waals surface area contributed by atoms with E-state index in [1.54, 1.807) is 12.1 Å². The summed E-state index contributed by atoms with van der Waals surface area (Å²) in [6, 6.07) is 7.63. The minimum atomic E-state index is -1.51. The molecule has 2 aliphatic rings. The number of rotatable bonds is 4. The SMILES string of the molecule is CN(c1ccc(CCC(C)(C)C)cn1)c1c(Cl)ccc2c1CCNCC21OC(=O)CCC(=O)O1. The number of hydrogen-bond donors (Lipinski definition) is 1. The first kappa shape index (κ1) is 24.5. The summed E-state index contributed by atoms with van der Waals surface area (Å²) in [7, 11) is 1.91. The topological polar surface area (TPSA) is 80.8 Å². The van der Waals surface area contributed by atoms with Crippen molar-refractivity contribution in [2.75, 3.05) is 25.0 Å². The Labute approximate surface area is 205 Å². The van der Waals surface area contributed by atoms with Crippen LogP contribution in [0, 0.1) is 5.41 Å². The first-order valence-electron chi connectivity index (χ1n) is 11.7. The van der Waals surface area contributed by atoms with Crippen LogP contribution in [-0.4, -0.2) is 37.1 Å². The van der Waals surface area contributed by atoms with E-state index in [0.717, 1.165) is 29.9 Å². The van der Waals surface area contributed by atoms with E-state index in [9.17, 15) is 9.59 Å². The van der Waals surface area contributed by atoms with E-state index in [1.807, 2.05) is 24.2 Å². The van der Waals surface area contributed by atoms with Gasteiger partial charge >= 0.3 is 11.9 Å². The maximum atomic E-state index is 12.3. The summed E-state index contributed by atoms with van der Waals surface area (Å²) >= 11 is 6.70. The van der Waals surface area contributed by atoms with E-state index >= 15 is 0 Å². The molecule has 1 N–H and O–H groups in total. The van der Waals surface area contributed by atoms with E-state index in [-0.39, 0.29) is 24.8 Å². The minimum absolute atomic E-state index is 0.00173. The van der Waals surface area contributed by atoms with Crippen LogP contribution in [0.15, 0.2) is 30.5 Å². The molecule has 1 fully saturated rings. The Kier molecular flexibility index (Phi) is 6.87. The van der Waals surface area contributed by atoms with Crippen molar-refractivity contribution in [3.8, 4) is 0 Å². The Hall–Kier alpha value is -2.64. The summed E-state index contributed by atoms with van der Waals surface area (Å²) in [5.41, 5.74) is 3.70. The van der Waals surface area contributed by atoms with E-state index in [0.29, 0.717) is 23.6 Å². The first-order valence-corrected chi connectivity index (χ1v) is 12.1. The molecule has 3 heterocycles. The van der Waals surface area contributed by atoms with Crippen molar-refractivity contribution in [3.63, 3.8) is 0 Å². The molecule has 182 valence electrons. The summed E-state index contributed by atoms with van der Waals surface area (Å²) in [5.74, 6) is -1.69. The molecule has 34 heavy (non-hydrogen) atoms. The van der Waals surface area contributed by atoms with Gasteiger partial charge in [0.1, 0.15) is 5.82 Å². The van der Waals surface area contributed by atoms with Crippen LogP contribution in [-0.2, 0) is 37.7 Å². The number of anilines is 2. The Morgan fingerprint density at radius 3 is 2.41 bits per heavy atom. The van der Waals surface area contributed by atoms with Gasteiger partial charge < -0.3 is 19.7 Å². The fraction of sp³-hybridized carbons (Fsp3) is 0.500. The van der Waals surface area contributed by atoms with Crippen LogP contribution in [0.3, 0.4) is 0 Å². The molecule has 1 spiro atoms. The van der Waals surface area contributed by atoms with Crippen LogP contribution in [0.5, 0.6) is 0 Å². The maximum absolute atomic E-state index is 12.3. The van der Waals surface area contributed by atoms with Crippen LogP contribution in [0.4, 0.5) is 11.5 Å².